The minimum absolute atomic E-state index is 0.197. The number of methoxy groups -OCH3 is 1. The summed E-state index contributed by atoms with van der Waals surface area (Å²) in [5, 5.41) is 0. The topological polar surface area (TPSA) is 61.3 Å². The maximum atomic E-state index is 5.70. The van der Waals surface area contributed by atoms with Gasteiger partial charge >= 0.3 is 0 Å². The molecule has 0 amide bonds. The Labute approximate surface area is 113 Å². The van der Waals surface area contributed by atoms with Gasteiger partial charge in [0.25, 0.3) is 6.01 Å². The van der Waals surface area contributed by atoms with Crippen LogP contribution in [0.2, 0.25) is 0 Å². The van der Waals surface area contributed by atoms with Gasteiger partial charge in [-0.1, -0.05) is 26.8 Å². The van der Waals surface area contributed by atoms with E-state index < -0.39 is 0 Å². The Morgan fingerprint density at radius 3 is 2.68 bits per heavy atom. The Morgan fingerprint density at radius 1 is 1.37 bits per heavy atom. The number of ether oxygens (including phenoxy) is 1. The van der Waals surface area contributed by atoms with E-state index in [0.29, 0.717) is 0 Å². The second-order valence-electron chi connectivity index (χ2n) is 4.81. The predicted octanol–water partition coefficient (Wildman–Crippen LogP) is 3.62. The van der Waals surface area contributed by atoms with Crippen molar-refractivity contribution in [1.82, 2.24) is 4.98 Å². The van der Waals surface area contributed by atoms with Crippen molar-refractivity contribution in [2.75, 3.05) is 12.8 Å². The molecular formula is C15H20N2O2. The number of nitrogen functional groups attached to an aromatic ring is 1. The molecule has 1 aromatic heterocycles. The number of hydrogen-bond donors (Lipinski definition) is 1. The van der Waals surface area contributed by atoms with E-state index in [1.165, 1.54) is 5.56 Å². The largest absolute Gasteiger partial charge is 0.496 e. The van der Waals surface area contributed by atoms with Crippen LogP contribution >= 0.6 is 0 Å². The first kappa shape index (κ1) is 13.5. The molecule has 0 bridgehead atoms. The molecule has 0 spiro atoms. The van der Waals surface area contributed by atoms with Gasteiger partial charge in [-0.25, -0.2) is 0 Å². The van der Waals surface area contributed by atoms with Gasteiger partial charge in [0.05, 0.1) is 7.11 Å². The summed E-state index contributed by atoms with van der Waals surface area (Å²) in [6.07, 6.45) is 0.960. The highest BCUT2D eigenvalue weighted by Gasteiger charge is 2.19. The summed E-state index contributed by atoms with van der Waals surface area (Å²) in [6, 6.07) is 6.30. The summed E-state index contributed by atoms with van der Waals surface area (Å²) in [5.74, 6) is 1.80. The first-order chi connectivity index (χ1) is 9.06. The lowest BCUT2D eigenvalue weighted by Crippen LogP contribution is -1.94. The fourth-order valence-electron chi connectivity index (χ4n) is 2.09. The van der Waals surface area contributed by atoms with E-state index in [0.717, 1.165) is 29.2 Å². The molecule has 2 aromatic rings. The third-order valence-corrected chi connectivity index (χ3v) is 3.12. The molecule has 2 N–H and O–H groups in total. The zero-order valence-corrected chi connectivity index (χ0v) is 11.9. The van der Waals surface area contributed by atoms with Gasteiger partial charge < -0.3 is 14.9 Å². The van der Waals surface area contributed by atoms with Gasteiger partial charge in [-0.15, -0.1) is 0 Å². The van der Waals surface area contributed by atoms with E-state index in [-0.39, 0.29) is 11.9 Å². The Kier molecular flexibility index (Phi) is 3.79. The van der Waals surface area contributed by atoms with Crippen LogP contribution in [0.3, 0.4) is 0 Å². The molecule has 19 heavy (non-hydrogen) atoms. The van der Waals surface area contributed by atoms with E-state index in [1.54, 1.807) is 7.11 Å². The lowest BCUT2D eigenvalue weighted by molar-refractivity contribution is 0.416. The molecular weight excluding hydrogens is 240 g/mol. The molecule has 0 aliphatic carbocycles. The van der Waals surface area contributed by atoms with Crippen molar-refractivity contribution in [3.05, 3.63) is 29.5 Å². The van der Waals surface area contributed by atoms with Gasteiger partial charge in [0, 0.05) is 11.5 Å². The summed E-state index contributed by atoms with van der Waals surface area (Å²) in [4.78, 5) is 4.32. The highest BCUT2D eigenvalue weighted by molar-refractivity contribution is 5.71. The fraction of sp³-hybridized carbons (Fsp3) is 0.400. The zero-order valence-electron chi connectivity index (χ0n) is 11.9. The SMILES string of the molecule is CCc1ccc(OC)c(-c2nc(N)oc2C(C)C)c1. The Balaban J connectivity index is 2.62. The summed E-state index contributed by atoms with van der Waals surface area (Å²) in [6.45, 7) is 6.23. The molecule has 1 heterocycles. The van der Waals surface area contributed by atoms with Crippen molar-refractivity contribution in [3.63, 3.8) is 0 Å². The molecule has 102 valence electrons. The number of nitrogens with zero attached hydrogens (tertiary/aromatic N) is 1. The highest BCUT2D eigenvalue weighted by atomic mass is 16.5. The fourth-order valence-corrected chi connectivity index (χ4v) is 2.09. The maximum absolute atomic E-state index is 5.70. The first-order valence-corrected chi connectivity index (χ1v) is 6.50. The van der Waals surface area contributed by atoms with Crippen LogP contribution in [0.5, 0.6) is 5.75 Å². The lowest BCUT2D eigenvalue weighted by atomic mass is 10.0. The number of nitrogens with two attached hydrogens (primary N) is 1. The molecule has 0 saturated carbocycles. The molecule has 4 nitrogen and oxygen atoms in total. The molecule has 0 saturated heterocycles. The minimum atomic E-state index is 0.197. The van der Waals surface area contributed by atoms with E-state index in [1.807, 2.05) is 6.07 Å². The quantitative estimate of drug-likeness (QED) is 0.912. The number of oxazole rings is 1. The van der Waals surface area contributed by atoms with Gasteiger partial charge in [-0.3, -0.25) is 0 Å². The average molecular weight is 260 g/mol. The molecule has 4 heteroatoms. The predicted molar refractivity (Wildman–Crippen MR) is 76.4 cm³/mol. The summed E-state index contributed by atoms with van der Waals surface area (Å²) < 4.78 is 10.9. The van der Waals surface area contributed by atoms with Crippen molar-refractivity contribution in [1.29, 1.82) is 0 Å². The number of hydrogen-bond acceptors (Lipinski definition) is 4. The molecule has 0 radical (unpaired) electrons. The van der Waals surface area contributed by atoms with Crippen molar-refractivity contribution in [2.24, 2.45) is 0 Å². The summed E-state index contributed by atoms with van der Waals surface area (Å²) in [5.41, 5.74) is 8.64. The summed E-state index contributed by atoms with van der Waals surface area (Å²) in [7, 11) is 1.66. The zero-order chi connectivity index (χ0) is 14.0. The van der Waals surface area contributed by atoms with Gasteiger partial charge in [-0.05, 0) is 24.1 Å². The van der Waals surface area contributed by atoms with E-state index in [4.69, 9.17) is 14.9 Å². The average Bonchev–Trinajstić information content (AvgIpc) is 2.80. The third kappa shape index (κ3) is 2.57. The Morgan fingerprint density at radius 2 is 2.11 bits per heavy atom. The monoisotopic (exact) mass is 260 g/mol. The number of benzene rings is 1. The van der Waals surface area contributed by atoms with Crippen molar-refractivity contribution >= 4 is 6.01 Å². The van der Waals surface area contributed by atoms with Crippen molar-refractivity contribution in [2.45, 2.75) is 33.1 Å². The second kappa shape index (κ2) is 5.34. The van der Waals surface area contributed by atoms with Gasteiger partial charge in [0.1, 0.15) is 17.2 Å². The smallest absolute Gasteiger partial charge is 0.292 e. The Bertz CT molecular complexity index is 574. The lowest BCUT2D eigenvalue weighted by Gasteiger charge is -2.10. The van der Waals surface area contributed by atoms with Crippen LogP contribution in [-0.2, 0) is 6.42 Å². The van der Waals surface area contributed by atoms with E-state index in [9.17, 15) is 0 Å². The number of anilines is 1. The van der Waals surface area contributed by atoms with E-state index in [2.05, 4.69) is 37.9 Å². The van der Waals surface area contributed by atoms with Gasteiger partial charge in [0.2, 0.25) is 0 Å². The molecule has 0 aliphatic heterocycles. The molecule has 0 unspecified atom stereocenters. The number of aromatic nitrogens is 1. The first-order valence-electron chi connectivity index (χ1n) is 6.50. The maximum Gasteiger partial charge on any atom is 0.292 e. The van der Waals surface area contributed by atoms with Crippen LogP contribution in [0.1, 0.15) is 38.0 Å². The van der Waals surface area contributed by atoms with Gasteiger partial charge in [-0.2, -0.15) is 4.98 Å². The Hall–Kier alpha value is -1.97. The van der Waals surface area contributed by atoms with Crippen LogP contribution in [0.4, 0.5) is 6.01 Å². The second-order valence-corrected chi connectivity index (χ2v) is 4.81. The van der Waals surface area contributed by atoms with Gasteiger partial charge in [0.15, 0.2) is 0 Å². The van der Waals surface area contributed by atoms with Crippen LogP contribution in [0, 0.1) is 0 Å². The number of rotatable bonds is 4. The molecule has 1 aromatic carbocycles. The molecule has 0 atom stereocenters. The highest BCUT2D eigenvalue weighted by Crippen LogP contribution is 2.36. The molecule has 0 aliphatic rings. The number of aryl methyl sites for hydroxylation is 1. The molecule has 2 rings (SSSR count). The minimum Gasteiger partial charge on any atom is -0.496 e. The normalized spacial score (nSPS) is 11.0. The standard InChI is InChI=1S/C15H20N2O2/c1-5-10-6-7-12(18-4)11(8-10)13-14(9(2)3)19-15(16)17-13/h6-9H,5H2,1-4H3,(H2,16,17). The van der Waals surface area contributed by atoms with Crippen molar-refractivity contribution in [3.8, 4) is 17.0 Å². The summed E-state index contributed by atoms with van der Waals surface area (Å²) >= 11 is 0. The van der Waals surface area contributed by atoms with Crippen LogP contribution in [0.25, 0.3) is 11.3 Å². The van der Waals surface area contributed by atoms with Crippen LogP contribution < -0.4 is 10.5 Å². The molecule has 0 fully saturated rings. The van der Waals surface area contributed by atoms with Crippen molar-refractivity contribution < 1.29 is 9.15 Å². The van der Waals surface area contributed by atoms with Crippen LogP contribution in [-0.4, -0.2) is 12.1 Å². The van der Waals surface area contributed by atoms with E-state index >= 15 is 0 Å². The van der Waals surface area contributed by atoms with Crippen LogP contribution in [0.15, 0.2) is 22.6 Å². The third-order valence-electron chi connectivity index (χ3n) is 3.12.